The largest absolute Gasteiger partial charge is 0.352 e. The number of ketones is 1. The van der Waals surface area contributed by atoms with Gasteiger partial charge in [0.1, 0.15) is 6.10 Å². The molecule has 20 heavy (non-hydrogen) atoms. The summed E-state index contributed by atoms with van der Waals surface area (Å²) in [5, 5.41) is 10.5. The molecule has 2 rings (SSSR count). The SMILES string of the molecule is O=CC(=O)C1CCOC(Cc2ccc([N+](=O)[O-])cc2)O1. The summed E-state index contributed by atoms with van der Waals surface area (Å²) in [6, 6.07) is 6.00. The molecule has 1 fully saturated rings. The molecular formula is C13H13NO6. The van der Waals surface area contributed by atoms with Crippen molar-refractivity contribution >= 4 is 17.8 Å². The van der Waals surface area contributed by atoms with Gasteiger partial charge in [-0.3, -0.25) is 19.7 Å². The third kappa shape index (κ3) is 3.46. The second kappa shape index (κ2) is 6.36. The number of Topliss-reactive ketones (excluding diaryl/α,β-unsaturated/α-hetero) is 1. The van der Waals surface area contributed by atoms with Crippen molar-refractivity contribution in [2.24, 2.45) is 0 Å². The van der Waals surface area contributed by atoms with Crippen LogP contribution in [0.3, 0.4) is 0 Å². The fourth-order valence-electron chi connectivity index (χ4n) is 1.94. The smallest absolute Gasteiger partial charge is 0.269 e. The highest BCUT2D eigenvalue weighted by Gasteiger charge is 2.28. The summed E-state index contributed by atoms with van der Waals surface area (Å²) in [4.78, 5) is 31.8. The number of hydrogen-bond acceptors (Lipinski definition) is 6. The maximum atomic E-state index is 11.3. The molecule has 7 nitrogen and oxygen atoms in total. The van der Waals surface area contributed by atoms with Crippen LogP contribution in [-0.2, 0) is 25.5 Å². The minimum Gasteiger partial charge on any atom is -0.352 e. The average molecular weight is 279 g/mol. The van der Waals surface area contributed by atoms with Crippen molar-refractivity contribution in [3.63, 3.8) is 0 Å². The molecule has 1 aliphatic rings. The maximum Gasteiger partial charge on any atom is 0.269 e. The number of nitro benzene ring substituents is 1. The first-order valence-electron chi connectivity index (χ1n) is 6.09. The normalized spacial score (nSPS) is 22.2. The van der Waals surface area contributed by atoms with E-state index in [4.69, 9.17) is 9.47 Å². The first kappa shape index (κ1) is 14.3. The summed E-state index contributed by atoms with van der Waals surface area (Å²) in [5.41, 5.74) is 0.799. The van der Waals surface area contributed by atoms with Crippen molar-refractivity contribution in [3.05, 3.63) is 39.9 Å². The lowest BCUT2D eigenvalue weighted by Crippen LogP contribution is -2.38. The highest BCUT2D eigenvalue weighted by Crippen LogP contribution is 2.19. The predicted molar refractivity (Wildman–Crippen MR) is 67.1 cm³/mol. The second-order valence-electron chi connectivity index (χ2n) is 4.36. The number of benzene rings is 1. The van der Waals surface area contributed by atoms with Crippen molar-refractivity contribution < 1.29 is 24.0 Å². The average Bonchev–Trinajstić information content (AvgIpc) is 2.47. The maximum absolute atomic E-state index is 11.3. The number of rotatable bonds is 5. The third-order valence-electron chi connectivity index (χ3n) is 2.98. The van der Waals surface area contributed by atoms with Crippen molar-refractivity contribution in [2.75, 3.05) is 6.61 Å². The lowest BCUT2D eigenvalue weighted by molar-refractivity contribution is -0.384. The fourth-order valence-corrected chi connectivity index (χ4v) is 1.94. The van der Waals surface area contributed by atoms with E-state index in [1.54, 1.807) is 12.1 Å². The summed E-state index contributed by atoms with van der Waals surface area (Å²) in [5.74, 6) is -0.595. The van der Waals surface area contributed by atoms with E-state index in [-0.39, 0.29) is 12.0 Å². The fraction of sp³-hybridized carbons (Fsp3) is 0.385. The van der Waals surface area contributed by atoms with E-state index in [9.17, 15) is 19.7 Å². The number of carbonyl (C=O) groups excluding carboxylic acids is 2. The number of ether oxygens (including phenoxy) is 2. The minimum absolute atomic E-state index is 0.00763. The molecule has 106 valence electrons. The van der Waals surface area contributed by atoms with Gasteiger partial charge < -0.3 is 9.47 Å². The van der Waals surface area contributed by atoms with Gasteiger partial charge in [0.2, 0.25) is 5.78 Å². The van der Waals surface area contributed by atoms with Crippen LogP contribution in [0.5, 0.6) is 0 Å². The molecule has 1 aromatic carbocycles. The Labute approximate surface area is 114 Å². The van der Waals surface area contributed by atoms with Crippen LogP contribution >= 0.6 is 0 Å². The van der Waals surface area contributed by atoms with Gasteiger partial charge in [-0.15, -0.1) is 0 Å². The molecule has 0 aliphatic carbocycles. The van der Waals surface area contributed by atoms with E-state index in [1.807, 2.05) is 0 Å². The number of hydrogen-bond donors (Lipinski definition) is 0. The molecule has 0 spiro atoms. The van der Waals surface area contributed by atoms with E-state index < -0.39 is 23.1 Å². The van der Waals surface area contributed by atoms with Crippen LogP contribution in [0.4, 0.5) is 5.69 Å². The zero-order chi connectivity index (χ0) is 14.5. The quantitative estimate of drug-likeness (QED) is 0.346. The monoisotopic (exact) mass is 279 g/mol. The van der Waals surface area contributed by atoms with E-state index in [1.165, 1.54) is 12.1 Å². The van der Waals surface area contributed by atoms with Gasteiger partial charge in [0.25, 0.3) is 5.69 Å². The van der Waals surface area contributed by atoms with Gasteiger partial charge in [0.05, 0.1) is 11.5 Å². The molecule has 2 unspecified atom stereocenters. The molecule has 1 aromatic rings. The van der Waals surface area contributed by atoms with Crippen molar-refractivity contribution in [1.82, 2.24) is 0 Å². The van der Waals surface area contributed by atoms with Crippen LogP contribution in [0.25, 0.3) is 0 Å². The van der Waals surface area contributed by atoms with Crippen molar-refractivity contribution in [3.8, 4) is 0 Å². The van der Waals surface area contributed by atoms with E-state index in [0.29, 0.717) is 19.4 Å². The molecule has 0 aromatic heterocycles. The molecule has 0 amide bonds. The first-order valence-corrected chi connectivity index (χ1v) is 6.09. The third-order valence-corrected chi connectivity index (χ3v) is 2.98. The van der Waals surface area contributed by atoms with E-state index in [0.717, 1.165) is 5.56 Å². The van der Waals surface area contributed by atoms with Crippen LogP contribution in [0, 0.1) is 10.1 Å². The van der Waals surface area contributed by atoms with Gasteiger partial charge in [-0.2, -0.15) is 0 Å². The summed E-state index contributed by atoms with van der Waals surface area (Å²) in [6.45, 7) is 0.335. The Morgan fingerprint density at radius 1 is 1.40 bits per heavy atom. The Morgan fingerprint density at radius 3 is 2.70 bits per heavy atom. The Bertz CT molecular complexity index is 512. The lowest BCUT2D eigenvalue weighted by atomic mass is 10.1. The van der Waals surface area contributed by atoms with E-state index >= 15 is 0 Å². The van der Waals surface area contributed by atoms with Crippen LogP contribution in [-0.4, -0.2) is 36.0 Å². The molecule has 1 aliphatic heterocycles. The molecule has 0 radical (unpaired) electrons. The van der Waals surface area contributed by atoms with Gasteiger partial charge in [-0.05, 0) is 5.56 Å². The standard InChI is InChI=1S/C13H13NO6/c15-8-11(16)12-5-6-19-13(20-12)7-9-1-3-10(4-2-9)14(17)18/h1-4,8,12-13H,5-7H2. The van der Waals surface area contributed by atoms with Gasteiger partial charge in [-0.1, -0.05) is 12.1 Å². The molecule has 0 saturated carbocycles. The van der Waals surface area contributed by atoms with Crippen molar-refractivity contribution in [2.45, 2.75) is 25.2 Å². The Hall–Kier alpha value is -2.12. The first-order chi connectivity index (χ1) is 9.60. The summed E-state index contributed by atoms with van der Waals surface area (Å²) < 4.78 is 10.7. The lowest BCUT2D eigenvalue weighted by Gasteiger charge is -2.28. The number of aldehydes is 1. The Morgan fingerprint density at radius 2 is 2.10 bits per heavy atom. The van der Waals surface area contributed by atoms with Gasteiger partial charge in [0.15, 0.2) is 12.6 Å². The highest BCUT2D eigenvalue weighted by atomic mass is 16.7. The molecule has 1 saturated heterocycles. The number of nitrogens with zero attached hydrogens (tertiary/aromatic N) is 1. The summed E-state index contributed by atoms with van der Waals surface area (Å²) in [6.07, 6.45) is -0.420. The van der Waals surface area contributed by atoms with Gasteiger partial charge in [0, 0.05) is 25.0 Å². The molecule has 0 N–H and O–H groups in total. The molecular weight excluding hydrogens is 266 g/mol. The zero-order valence-electron chi connectivity index (χ0n) is 10.6. The van der Waals surface area contributed by atoms with Crippen molar-refractivity contribution in [1.29, 1.82) is 0 Å². The van der Waals surface area contributed by atoms with E-state index in [2.05, 4.69) is 0 Å². The molecule has 1 heterocycles. The van der Waals surface area contributed by atoms with Crippen LogP contribution < -0.4 is 0 Å². The molecule has 7 heteroatoms. The molecule has 2 atom stereocenters. The predicted octanol–water partition coefficient (Wildman–Crippen LogP) is 1.04. The van der Waals surface area contributed by atoms with Crippen LogP contribution in [0.15, 0.2) is 24.3 Å². The Balaban J connectivity index is 1.97. The van der Waals surface area contributed by atoms with Gasteiger partial charge in [-0.25, -0.2) is 0 Å². The Kier molecular flexibility index (Phi) is 4.54. The van der Waals surface area contributed by atoms with Gasteiger partial charge >= 0.3 is 0 Å². The van der Waals surface area contributed by atoms with Crippen LogP contribution in [0.1, 0.15) is 12.0 Å². The summed E-state index contributed by atoms with van der Waals surface area (Å²) in [7, 11) is 0. The number of carbonyl (C=O) groups is 2. The number of nitro groups is 1. The molecule has 0 bridgehead atoms. The van der Waals surface area contributed by atoms with Crippen LogP contribution in [0.2, 0.25) is 0 Å². The topological polar surface area (TPSA) is 95.7 Å². The highest BCUT2D eigenvalue weighted by molar-refractivity contribution is 6.27. The minimum atomic E-state index is -0.760. The second-order valence-corrected chi connectivity index (χ2v) is 4.36. The zero-order valence-corrected chi connectivity index (χ0v) is 10.6. The number of non-ortho nitro benzene ring substituents is 1. The summed E-state index contributed by atoms with van der Waals surface area (Å²) >= 11 is 0.